The molecule has 1 aromatic heterocycles. The molecule has 1 fully saturated rings. The lowest BCUT2D eigenvalue weighted by Gasteiger charge is -2.25. The minimum absolute atomic E-state index is 0.0259. The number of hydrogen-bond acceptors (Lipinski definition) is 5. The summed E-state index contributed by atoms with van der Waals surface area (Å²) >= 11 is 0. The number of ether oxygens (including phenoxy) is 1. The Hall–Kier alpha value is -0.940. The normalized spacial score (nSPS) is 18.4. The van der Waals surface area contributed by atoms with Gasteiger partial charge in [-0.2, -0.15) is 4.98 Å². The summed E-state index contributed by atoms with van der Waals surface area (Å²) in [7, 11) is 1.69. The van der Waals surface area contributed by atoms with E-state index in [4.69, 9.17) is 9.26 Å². The van der Waals surface area contributed by atoms with Crippen LogP contribution in [-0.2, 0) is 11.2 Å². The van der Waals surface area contributed by atoms with E-state index in [1.54, 1.807) is 7.11 Å². The molecule has 0 spiro atoms. The first-order chi connectivity index (χ1) is 7.83. The maximum absolute atomic E-state index is 5.34. The molecule has 1 aromatic rings. The van der Waals surface area contributed by atoms with E-state index in [9.17, 15) is 0 Å². The molecular formula is C11H19N3O2. The smallest absolute Gasteiger partial charge is 0.227 e. The summed E-state index contributed by atoms with van der Waals surface area (Å²) in [6.45, 7) is 4.23. The fraction of sp³-hybridized carbons (Fsp3) is 0.818. The van der Waals surface area contributed by atoms with Crippen molar-refractivity contribution in [3.05, 3.63) is 11.7 Å². The Labute approximate surface area is 95.6 Å². The van der Waals surface area contributed by atoms with Gasteiger partial charge in [-0.1, -0.05) is 18.5 Å². The van der Waals surface area contributed by atoms with Gasteiger partial charge in [0.05, 0.1) is 0 Å². The van der Waals surface area contributed by atoms with E-state index >= 15 is 0 Å². The van der Waals surface area contributed by atoms with Crippen LogP contribution in [0.3, 0.4) is 0 Å². The van der Waals surface area contributed by atoms with Crippen LogP contribution in [0.5, 0.6) is 0 Å². The SMILES string of the molecule is CCCC(OC)c1noc(CC2CNC2)n1. The maximum Gasteiger partial charge on any atom is 0.227 e. The molecule has 0 bridgehead atoms. The zero-order valence-electron chi connectivity index (χ0n) is 9.90. The third kappa shape index (κ3) is 2.59. The van der Waals surface area contributed by atoms with Crippen molar-refractivity contribution in [2.24, 2.45) is 5.92 Å². The molecule has 0 radical (unpaired) electrons. The van der Waals surface area contributed by atoms with Gasteiger partial charge in [0.15, 0.2) is 0 Å². The minimum atomic E-state index is -0.0259. The Morgan fingerprint density at radius 2 is 2.38 bits per heavy atom. The van der Waals surface area contributed by atoms with Crippen LogP contribution in [0, 0.1) is 5.92 Å². The molecule has 0 aromatic carbocycles. The summed E-state index contributed by atoms with van der Waals surface area (Å²) in [5, 5.41) is 7.21. The standard InChI is InChI=1S/C11H19N3O2/c1-3-4-9(15-2)11-13-10(16-14-11)5-8-6-12-7-8/h8-9,12H,3-7H2,1-2H3. The largest absolute Gasteiger partial charge is 0.373 e. The minimum Gasteiger partial charge on any atom is -0.373 e. The molecule has 5 heteroatoms. The number of methoxy groups -OCH3 is 1. The predicted octanol–water partition coefficient (Wildman–Crippen LogP) is 1.32. The van der Waals surface area contributed by atoms with E-state index < -0.39 is 0 Å². The van der Waals surface area contributed by atoms with E-state index in [1.165, 1.54) is 0 Å². The maximum atomic E-state index is 5.34. The Balaban J connectivity index is 1.93. The zero-order chi connectivity index (χ0) is 11.4. The van der Waals surface area contributed by atoms with E-state index in [2.05, 4.69) is 22.4 Å². The highest BCUT2D eigenvalue weighted by Gasteiger charge is 2.22. The quantitative estimate of drug-likeness (QED) is 0.791. The Morgan fingerprint density at radius 1 is 1.56 bits per heavy atom. The van der Waals surface area contributed by atoms with Gasteiger partial charge in [0, 0.05) is 13.5 Å². The van der Waals surface area contributed by atoms with Gasteiger partial charge >= 0.3 is 0 Å². The fourth-order valence-electron chi connectivity index (χ4n) is 1.84. The highest BCUT2D eigenvalue weighted by molar-refractivity contribution is 4.94. The van der Waals surface area contributed by atoms with Gasteiger partial charge < -0.3 is 14.6 Å². The molecule has 16 heavy (non-hydrogen) atoms. The lowest BCUT2D eigenvalue weighted by atomic mass is 10.00. The van der Waals surface area contributed by atoms with Gasteiger partial charge in [-0.3, -0.25) is 0 Å². The highest BCUT2D eigenvalue weighted by Crippen LogP contribution is 2.20. The summed E-state index contributed by atoms with van der Waals surface area (Å²) < 4.78 is 10.6. The Bertz CT molecular complexity index is 323. The van der Waals surface area contributed by atoms with Crippen molar-refractivity contribution >= 4 is 0 Å². The first-order valence-electron chi connectivity index (χ1n) is 5.89. The molecule has 1 aliphatic heterocycles. The molecule has 5 nitrogen and oxygen atoms in total. The summed E-state index contributed by atoms with van der Waals surface area (Å²) in [6, 6.07) is 0. The molecule has 0 saturated carbocycles. The molecule has 1 saturated heterocycles. The van der Waals surface area contributed by atoms with Gasteiger partial charge in [-0.05, 0) is 25.4 Å². The zero-order valence-corrected chi connectivity index (χ0v) is 9.90. The second kappa shape index (κ2) is 5.41. The van der Waals surface area contributed by atoms with Gasteiger partial charge in [0.25, 0.3) is 0 Å². The second-order valence-corrected chi connectivity index (χ2v) is 4.29. The summed E-state index contributed by atoms with van der Waals surface area (Å²) in [5.41, 5.74) is 0. The van der Waals surface area contributed by atoms with Crippen LogP contribution in [0.25, 0.3) is 0 Å². The van der Waals surface area contributed by atoms with E-state index in [1.807, 2.05) is 0 Å². The third-order valence-electron chi connectivity index (χ3n) is 2.94. The van der Waals surface area contributed by atoms with Gasteiger partial charge in [0.2, 0.25) is 11.7 Å². The number of hydrogen-bond donors (Lipinski definition) is 1. The summed E-state index contributed by atoms with van der Waals surface area (Å²) in [5.74, 6) is 2.08. The van der Waals surface area contributed by atoms with Crippen molar-refractivity contribution in [2.75, 3.05) is 20.2 Å². The van der Waals surface area contributed by atoms with Gasteiger partial charge in [0.1, 0.15) is 6.10 Å². The predicted molar refractivity (Wildman–Crippen MR) is 59.0 cm³/mol. The van der Waals surface area contributed by atoms with Crippen molar-refractivity contribution in [1.29, 1.82) is 0 Å². The van der Waals surface area contributed by atoms with Crippen molar-refractivity contribution < 1.29 is 9.26 Å². The van der Waals surface area contributed by atoms with Crippen LogP contribution >= 0.6 is 0 Å². The molecule has 1 aliphatic rings. The Morgan fingerprint density at radius 3 is 2.94 bits per heavy atom. The average Bonchev–Trinajstić information content (AvgIpc) is 2.68. The van der Waals surface area contributed by atoms with Crippen LogP contribution < -0.4 is 5.32 Å². The molecule has 1 atom stereocenters. The van der Waals surface area contributed by atoms with Gasteiger partial charge in [-0.15, -0.1) is 0 Å². The molecule has 0 aliphatic carbocycles. The van der Waals surface area contributed by atoms with E-state index in [0.717, 1.165) is 38.2 Å². The number of aromatic nitrogens is 2. The van der Waals surface area contributed by atoms with Crippen molar-refractivity contribution in [1.82, 2.24) is 15.5 Å². The van der Waals surface area contributed by atoms with Crippen LogP contribution in [0.4, 0.5) is 0 Å². The van der Waals surface area contributed by atoms with E-state index in [-0.39, 0.29) is 6.10 Å². The third-order valence-corrected chi connectivity index (χ3v) is 2.94. The summed E-state index contributed by atoms with van der Waals surface area (Å²) in [6.07, 6.45) is 2.83. The topological polar surface area (TPSA) is 60.2 Å². The number of rotatable bonds is 6. The number of nitrogens with zero attached hydrogens (tertiary/aromatic N) is 2. The monoisotopic (exact) mass is 225 g/mol. The van der Waals surface area contributed by atoms with Crippen LogP contribution in [-0.4, -0.2) is 30.3 Å². The van der Waals surface area contributed by atoms with Crippen molar-refractivity contribution in [3.8, 4) is 0 Å². The van der Waals surface area contributed by atoms with Crippen LogP contribution in [0.15, 0.2) is 4.52 Å². The summed E-state index contributed by atoms with van der Waals surface area (Å²) in [4.78, 5) is 4.39. The average molecular weight is 225 g/mol. The van der Waals surface area contributed by atoms with Crippen LogP contribution in [0.2, 0.25) is 0 Å². The second-order valence-electron chi connectivity index (χ2n) is 4.29. The number of nitrogens with one attached hydrogen (secondary N) is 1. The fourth-order valence-corrected chi connectivity index (χ4v) is 1.84. The molecule has 2 rings (SSSR count). The molecule has 0 amide bonds. The van der Waals surface area contributed by atoms with Crippen LogP contribution in [0.1, 0.15) is 37.6 Å². The van der Waals surface area contributed by atoms with Crippen molar-refractivity contribution in [2.45, 2.75) is 32.3 Å². The lowest BCUT2D eigenvalue weighted by molar-refractivity contribution is 0.0854. The molecular weight excluding hydrogens is 206 g/mol. The molecule has 2 heterocycles. The molecule has 1 N–H and O–H groups in total. The molecule has 1 unspecified atom stereocenters. The first kappa shape index (κ1) is 11.5. The van der Waals surface area contributed by atoms with Crippen molar-refractivity contribution in [3.63, 3.8) is 0 Å². The lowest BCUT2D eigenvalue weighted by Crippen LogP contribution is -2.43. The highest BCUT2D eigenvalue weighted by atomic mass is 16.5. The Kier molecular flexibility index (Phi) is 3.90. The molecule has 90 valence electrons. The van der Waals surface area contributed by atoms with E-state index in [0.29, 0.717) is 11.7 Å². The van der Waals surface area contributed by atoms with Gasteiger partial charge in [-0.25, -0.2) is 0 Å². The first-order valence-corrected chi connectivity index (χ1v) is 5.89.